The smallest absolute Gasteiger partial charge is 0.357 e. The van der Waals surface area contributed by atoms with Crippen LogP contribution in [0.3, 0.4) is 0 Å². The molecule has 1 atom stereocenters. The van der Waals surface area contributed by atoms with Crippen molar-refractivity contribution in [2.24, 2.45) is 11.7 Å². The Labute approximate surface area is 147 Å². The van der Waals surface area contributed by atoms with Gasteiger partial charge in [0.05, 0.1) is 19.2 Å². The molecule has 0 aliphatic rings. The second-order valence-corrected chi connectivity index (χ2v) is 5.74. The average Bonchev–Trinajstić information content (AvgIpc) is 2.84. The van der Waals surface area contributed by atoms with Crippen LogP contribution >= 0.6 is 36.2 Å². The van der Waals surface area contributed by atoms with Gasteiger partial charge in [-0.25, -0.2) is 9.78 Å². The van der Waals surface area contributed by atoms with Crippen LogP contribution in [0.2, 0.25) is 0 Å². The highest BCUT2D eigenvalue weighted by molar-refractivity contribution is 7.09. The Kier molecular flexibility index (Phi) is 12.4. The Balaban J connectivity index is 0. The number of carbonyl (C=O) groups excluding carboxylic acids is 2. The number of hydrogen-bond donors (Lipinski definition) is 2. The van der Waals surface area contributed by atoms with Crippen molar-refractivity contribution in [3.05, 3.63) is 16.1 Å². The fourth-order valence-corrected chi connectivity index (χ4v) is 2.30. The maximum Gasteiger partial charge on any atom is 0.357 e. The van der Waals surface area contributed by atoms with Crippen molar-refractivity contribution in [2.45, 2.75) is 39.8 Å². The van der Waals surface area contributed by atoms with Crippen LogP contribution in [-0.4, -0.2) is 29.5 Å². The summed E-state index contributed by atoms with van der Waals surface area (Å²) in [6.07, 6.45) is 0.637. The van der Waals surface area contributed by atoms with Gasteiger partial charge in [0.25, 0.3) is 0 Å². The second-order valence-electron chi connectivity index (χ2n) is 4.80. The minimum atomic E-state index is -0.514. The molecule has 1 aromatic heterocycles. The van der Waals surface area contributed by atoms with Crippen molar-refractivity contribution in [2.75, 3.05) is 6.61 Å². The topological polar surface area (TPSA) is 94.3 Å². The first-order valence-corrected chi connectivity index (χ1v) is 7.46. The van der Waals surface area contributed by atoms with Crippen LogP contribution in [-0.2, 0) is 16.1 Å². The third-order valence-electron chi connectivity index (χ3n) is 2.51. The van der Waals surface area contributed by atoms with Crippen LogP contribution < -0.4 is 11.1 Å². The van der Waals surface area contributed by atoms with Crippen molar-refractivity contribution in [3.8, 4) is 0 Å². The van der Waals surface area contributed by atoms with Crippen LogP contribution in [0, 0.1) is 5.92 Å². The molecule has 1 rings (SSSR count). The number of aromatic nitrogens is 1. The van der Waals surface area contributed by atoms with Crippen molar-refractivity contribution in [3.63, 3.8) is 0 Å². The molecule has 0 unspecified atom stereocenters. The van der Waals surface area contributed by atoms with Gasteiger partial charge in [-0.3, -0.25) is 4.79 Å². The zero-order valence-electron chi connectivity index (χ0n) is 12.8. The molecule has 3 N–H and O–H groups in total. The Hall–Kier alpha value is -0.890. The molecule has 0 aliphatic heterocycles. The summed E-state index contributed by atoms with van der Waals surface area (Å²) in [5.41, 5.74) is 6.04. The summed E-state index contributed by atoms with van der Waals surface area (Å²) in [6, 6.07) is -0.514. The number of ether oxygens (including phenoxy) is 1. The fraction of sp³-hybridized carbons (Fsp3) is 0.615. The highest BCUT2D eigenvalue weighted by Crippen LogP contribution is 2.11. The van der Waals surface area contributed by atoms with Gasteiger partial charge in [-0.05, 0) is 19.3 Å². The van der Waals surface area contributed by atoms with Gasteiger partial charge in [-0.1, -0.05) is 13.8 Å². The molecule has 0 saturated heterocycles. The SMILES string of the molecule is CCOC(=O)c1csc(CNC(=O)[C@@H](N)CC(C)C)n1.Cl.Cl. The molecule has 0 saturated carbocycles. The number of esters is 1. The zero-order chi connectivity index (χ0) is 15.1. The van der Waals surface area contributed by atoms with Gasteiger partial charge in [-0.2, -0.15) is 0 Å². The molecule has 0 spiro atoms. The van der Waals surface area contributed by atoms with Crippen LogP contribution in [0.1, 0.15) is 42.7 Å². The van der Waals surface area contributed by atoms with Crippen LogP contribution in [0.5, 0.6) is 0 Å². The predicted molar refractivity (Wildman–Crippen MR) is 91.8 cm³/mol. The summed E-state index contributed by atoms with van der Waals surface area (Å²) < 4.78 is 4.85. The number of nitrogens with zero attached hydrogens (tertiary/aromatic N) is 1. The molecule has 0 aromatic carbocycles. The number of halogens is 2. The first-order chi connectivity index (χ1) is 9.43. The quantitative estimate of drug-likeness (QED) is 0.716. The number of thiazole rings is 1. The van der Waals surface area contributed by atoms with Gasteiger partial charge < -0.3 is 15.8 Å². The van der Waals surface area contributed by atoms with Gasteiger partial charge in [0, 0.05) is 5.38 Å². The fourth-order valence-electron chi connectivity index (χ4n) is 1.60. The highest BCUT2D eigenvalue weighted by Gasteiger charge is 2.16. The predicted octanol–water partition coefficient (Wildman–Crippen LogP) is 2.15. The molecule has 0 bridgehead atoms. The van der Waals surface area contributed by atoms with E-state index in [1.165, 1.54) is 11.3 Å². The largest absolute Gasteiger partial charge is 0.461 e. The van der Waals surface area contributed by atoms with E-state index in [0.717, 1.165) is 0 Å². The lowest BCUT2D eigenvalue weighted by molar-refractivity contribution is -0.122. The number of nitrogens with one attached hydrogen (secondary N) is 1. The second kappa shape index (κ2) is 11.6. The van der Waals surface area contributed by atoms with E-state index in [9.17, 15) is 9.59 Å². The third-order valence-corrected chi connectivity index (χ3v) is 3.36. The summed E-state index contributed by atoms with van der Waals surface area (Å²) in [7, 11) is 0. The standard InChI is InChI=1S/C13H21N3O3S.2ClH/c1-4-19-13(18)10-7-20-11(16-10)6-15-12(17)9(14)5-8(2)3;;/h7-9H,4-6,14H2,1-3H3,(H,15,17);2*1H/t9-;;/m0../s1. The number of amides is 1. The van der Waals surface area contributed by atoms with Crippen LogP contribution in [0.25, 0.3) is 0 Å². The van der Waals surface area contributed by atoms with Gasteiger partial charge >= 0.3 is 5.97 Å². The first-order valence-electron chi connectivity index (χ1n) is 6.58. The van der Waals surface area contributed by atoms with Gasteiger partial charge in [0.15, 0.2) is 5.69 Å². The van der Waals surface area contributed by atoms with Gasteiger partial charge in [-0.15, -0.1) is 36.2 Å². The van der Waals surface area contributed by atoms with Crippen molar-refractivity contribution < 1.29 is 14.3 Å². The number of hydrogen-bond acceptors (Lipinski definition) is 6. The normalized spacial score (nSPS) is 11.1. The van der Waals surface area contributed by atoms with E-state index in [2.05, 4.69) is 10.3 Å². The maximum absolute atomic E-state index is 11.7. The van der Waals surface area contributed by atoms with Crippen LogP contribution in [0.4, 0.5) is 0 Å². The Bertz CT molecular complexity index is 469. The number of rotatable bonds is 7. The van der Waals surface area contributed by atoms with Gasteiger partial charge in [0.2, 0.25) is 5.91 Å². The van der Waals surface area contributed by atoms with Crippen molar-refractivity contribution in [1.82, 2.24) is 10.3 Å². The number of carbonyl (C=O) groups is 2. The van der Waals surface area contributed by atoms with E-state index in [-0.39, 0.29) is 43.0 Å². The Morgan fingerprint density at radius 1 is 1.41 bits per heavy atom. The van der Waals surface area contributed by atoms with E-state index in [4.69, 9.17) is 10.5 Å². The van der Waals surface area contributed by atoms with E-state index in [0.29, 0.717) is 24.0 Å². The number of nitrogens with two attached hydrogens (primary N) is 1. The van der Waals surface area contributed by atoms with Crippen molar-refractivity contribution in [1.29, 1.82) is 0 Å². The van der Waals surface area contributed by atoms with Crippen molar-refractivity contribution >= 4 is 48.0 Å². The molecule has 6 nitrogen and oxygen atoms in total. The first kappa shape index (κ1) is 23.4. The minimum Gasteiger partial charge on any atom is -0.461 e. The lowest BCUT2D eigenvalue weighted by Gasteiger charge is -2.13. The summed E-state index contributed by atoms with van der Waals surface area (Å²) in [4.78, 5) is 27.3. The third kappa shape index (κ3) is 7.93. The summed E-state index contributed by atoms with van der Waals surface area (Å²) >= 11 is 1.30. The summed E-state index contributed by atoms with van der Waals surface area (Å²) in [5.74, 6) is -0.282. The van der Waals surface area contributed by atoms with E-state index >= 15 is 0 Å². The highest BCUT2D eigenvalue weighted by atomic mass is 35.5. The molecule has 22 heavy (non-hydrogen) atoms. The maximum atomic E-state index is 11.7. The van der Waals surface area contributed by atoms with Gasteiger partial charge in [0.1, 0.15) is 5.01 Å². The van der Waals surface area contributed by atoms with E-state index < -0.39 is 12.0 Å². The molecule has 0 fully saturated rings. The summed E-state index contributed by atoms with van der Waals surface area (Å²) in [6.45, 7) is 6.35. The molecule has 0 aliphatic carbocycles. The van der Waals surface area contributed by atoms with E-state index in [1.54, 1.807) is 12.3 Å². The lowest BCUT2D eigenvalue weighted by Crippen LogP contribution is -2.41. The van der Waals surface area contributed by atoms with E-state index in [1.807, 2.05) is 13.8 Å². The van der Waals surface area contributed by atoms with Crippen LogP contribution in [0.15, 0.2) is 5.38 Å². The molecule has 0 radical (unpaired) electrons. The molecular weight excluding hydrogens is 349 g/mol. The lowest BCUT2D eigenvalue weighted by atomic mass is 10.0. The molecule has 1 amide bonds. The molecular formula is C13H23Cl2N3O3S. The minimum absolute atomic E-state index is 0. The molecule has 1 aromatic rings. The Morgan fingerprint density at radius 2 is 2.05 bits per heavy atom. The Morgan fingerprint density at radius 3 is 2.59 bits per heavy atom. The molecule has 128 valence electrons. The molecule has 9 heteroatoms. The average molecular weight is 372 g/mol. The summed E-state index contributed by atoms with van der Waals surface area (Å²) in [5, 5.41) is 4.99. The monoisotopic (exact) mass is 371 g/mol. The zero-order valence-corrected chi connectivity index (χ0v) is 15.3. The molecule has 1 heterocycles.